The van der Waals surface area contributed by atoms with E-state index in [1.165, 1.54) is 0 Å². The Bertz CT molecular complexity index is 691. The van der Waals surface area contributed by atoms with E-state index in [4.69, 9.17) is 0 Å². The van der Waals surface area contributed by atoms with Crippen LogP contribution < -0.4 is 5.32 Å². The lowest BCUT2D eigenvalue weighted by molar-refractivity contribution is 0.0926. The number of nitrogens with one attached hydrogen (secondary N) is 1. The maximum Gasteiger partial charge on any atom is 0.270 e. The Labute approximate surface area is 123 Å². The molecule has 1 amide bonds. The van der Waals surface area contributed by atoms with E-state index in [1.54, 1.807) is 16.8 Å². The summed E-state index contributed by atoms with van der Waals surface area (Å²) in [5, 5.41) is 17.2. The number of phenolic OH excluding ortho intramolecular Hbond substituents is 1. The third-order valence-corrected chi connectivity index (χ3v) is 3.99. The molecule has 0 fully saturated rings. The minimum Gasteiger partial charge on any atom is -0.508 e. The molecule has 0 radical (unpaired) electrons. The summed E-state index contributed by atoms with van der Waals surface area (Å²) in [6, 6.07) is 7.24. The van der Waals surface area contributed by atoms with Gasteiger partial charge in [0.15, 0.2) is 0 Å². The second kappa shape index (κ2) is 5.24. The lowest BCUT2D eigenvalue weighted by Gasteiger charge is -2.14. The summed E-state index contributed by atoms with van der Waals surface area (Å²) < 4.78 is 1.71. The van der Waals surface area contributed by atoms with Crippen LogP contribution in [-0.4, -0.2) is 20.8 Å². The number of amides is 1. The zero-order chi connectivity index (χ0) is 15.0. The van der Waals surface area contributed by atoms with Crippen molar-refractivity contribution < 1.29 is 9.90 Å². The van der Waals surface area contributed by atoms with Gasteiger partial charge in [0.2, 0.25) is 0 Å². The minimum atomic E-state index is -0.112. The zero-order valence-electron chi connectivity index (χ0n) is 12.3. The van der Waals surface area contributed by atoms with Crippen molar-refractivity contribution in [1.29, 1.82) is 0 Å². The number of nitrogens with zero attached hydrogens (tertiary/aromatic N) is 2. The number of rotatable bonds is 3. The Balaban J connectivity index is 1.83. The lowest BCUT2D eigenvalue weighted by Crippen LogP contribution is -2.29. The smallest absolute Gasteiger partial charge is 0.270 e. The molecular weight excluding hydrogens is 266 g/mol. The van der Waals surface area contributed by atoms with Crippen LogP contribution in [0.25, 0.3) is 0 Å². The summed E-state index contributed by atoms with van der Waals surface area (Å²) in [7, 11) is 0. The quantitative estimate of drug-likeness (QED) is 0.909. The molecule has 0 bridgehead atoms. The van der Waals surface area contributed by atoms with E-state index < -0.39 is 0 Å². The van der Waals surface area contributed by atoms with E-state index in [0.717, 1.165) is 29.7 Å². The fraction of sp³-hybridized carbons (Fsp3) is 0.375. The number of hydrogen-bond donors (Lipinski definition) is 2. The molecule has 0 spiro atoms. The highest BCUT2D eigenvalue weighted by atomic mass is 16.3. The first-order valence-electron chi connectivity index (χ1n) is 7.26. The van der Waals surface area contributed by atoms with Crippen LogP contribution in [-0.2, 0) is 13.0 Å². The number of hydrogen-bond acceptors (Lipinski definition) is 3. The summed E-state index contributed by atoms with van der Waals surface area (Å²) in [6.07, 6.45) is 1.61. The number of benzene rings is 1. The van der Waals surface area contributed by atoms with Crippen molar-refractivity contribution in [2.75, 3.05) is 0 Å². The number of aryl methyl sites for hydroxylation is 2. The van der Waals surface area contributed by atoms with E-state index in [0.29, 0.717) is 18.0 Å². The summed E-state index contributed by atoms with van der Waals surface area (Å²) in [6.45, 7) is 4.51. The molecule has 1 heterocycles. The van der Waals surface area contributed by atoms with Crippen LogP contribution in [0, 0.1) is 6.92 Å². The Morgan fingerprint density at radius 2 is 2.33 bits per heavy atom. The summed E-state index contributed by atoms with van der Waals surface area (Å²) in [5.41, 5.74) is 3.39. The molecule has 1 aromatic heterocycles. The highest BCUT2D eigenvalue weighted by molar-refractivity contribution is 5.93. The van der Waals surface area contributed by atoms with E-state index in [-0.39, 0.29) is 11.9 Å². The van der Waals surface area contributed by atoms with Crippen molar-refractivity contribution in [2.45, 2.75) is 39.3 Å². The molecule has 5 heteroatoms. The van der Waals surface area contributed by atoms with Gasteiger partial charge >= 0.3 is 0 Å². The topological polar surface area (TPSA) is 67.2 Å². The molecule has 110 valence electrons. The van der Waals surface area contributed by atoms with Crippen LogP contribution in [0.15, 0.2) is 24.3 Å². The average molecular weight is 285 g/mol. The van der Waals surface area contributed by atoms with E-state index >= 15 is 0 Å². The second-order valence-electron chi connectivity index (χ2n) is 5.40. The molecule has 2 aromatic rings. The van der Waals surface area contributed by atoms with Crippen LogP contribution in [0.3, 0.4) is 0 Å². The highest BCUT2D eigenvalue weighted by Gasteiger charge is 2.27. The van der Waals surface area contributed by atoms with Gasteiger partial charge in [0, 0.05) is 6.54 Å². The molecule has 21 heavy (non-hydrogen) atoms. The van der Waals surface area contributed by atoms with Crippen LogP contribution in [0.2, 0.25) is 0 Å². The molecule has 3 rings (SSSR count). The monoisotopic (exact) mass is 285 g/mol. The molecule has 0 aliphatic heterocycles. The first kappa shape index (κ1) is 13.7. The van der Waals surface area contributed by atoms with Gasteiger partial charge in [-0.25, -0.2) is 0 Å². The highest BCUT2D eigenvalue weighted by Crippen LogP contribution is 2.36. The Kier molecular flexibility index (Phi) is 3.41. The second-order valence-corrected chi connectivity index (χ2v) is 5.40. The van der Waals surface area contributed by atoms with Gasteiger partial charge in [0.05, 0.1) is 11.7 Å². The minimum absolute atomic E-state index is 0.0416. The van der Waals surface area contributed by atoms with Crippen LogP contribution in [0.5, 0.6) is 5.75 Å². The number of fused-ring (bicyclic) bond motifs is 1. The Hall–Kier alpha value is -2.30. The maximum atomic E-state index is 12.5. The fourth-order valence-corrected chi connectivity index (χ4v) is 2.99. The molecule has 1 atom stereocenters. The number of carbonyl (C=O) groups excluding carboxylic acids is 1. The first-order chi connectivity index (χ1) is 10.1. The average Bonchev–Trinajstić information content (AvgIpc) is 3.04. The molecule has 0 unspecified atom stereocenters. The predicted octanol–water partition coefficient (Wildman–Crippen LogP) is 2.33. The third kappa shape index (κ3) is 2.39. The molecule has 1 aromatic carbocycles. The standard InChI is InChI=1S/C16H19N3O2/c1-3-19-14(9-10(2)18-19)16(21)17-13-8-7-12-11(13)5-4-6-15(12)20/h4-6,9,13,20H,3,7-8H2,1-2H3,(H,17,21)/t13-/m0/s1. The van der Waals surface area contributed by atoms with Crippen molar-refractivity contribution in [1.82, 2.24) is 15.1 Å². The zero-order valence-corrected chi connectivity index (χ0v) is 12.3. The Morgan fingerprint density at radius 3 is 3.10 bits per heavy atom. The van der Waals surface area contributed by atoms with Gasteiger partial charge in [-0.15, -0.1) is 0 Å². The summed E-state index contributed by atoms with van der Waals surface area (Å²) in [5.74, 6) is 0.206. The molecule has 2 N–H and O–H groups in total. The third-order valence-electron chi connectivity index (χ3n) is 3.99. The number of carbonyl (C=O) groups is 1. The van der Waals surface area contributed by atoms with E-state index in [1.807, 2.05) is 26.0 Å². The molecule has 1 aliphatic carbocycles. The predicted molar refractivity (Wildman–Crippen MR) is 79.3 cm³/mol. The number of aromatic hydroxyl groups is 1. The van der Waals surface area contributed by atoms with Gasteiger partial charge in [0.25, 0.3) is 5.91 Å². The van der Waals surface area contributed by atoms with E-state index in [9.17, 15) is 9.90 Å². The van der Waals surface area contributed by atoms with Gasteiger partial charge in [-0.1, -0.05) is 12.1 Å². The molecule has 0 saturated carbocycles. The van der Waals surface area contributed by atoms with Gasteiger partial charge in [-0.3, -0.25) is 9.48 Å². The van der Waals surface area contributed by atoms with Crippen molar-refractivity contribution in [3.8, 4) is 5.75 Å². The van der Waals surface area contributed by atoms with Crippen LogP contribution >= 0.6 is 0 Å². The largest absolute Gasteiger partial charge is 0.508 e. The number of phenols is 1. The molecule has 0 saturated heterocycles. The van der Waals surface area contributed by atoms with Crippen molar-refractivity contribution in [2.24, 2.45) is 0 Å². The van der Waals surface area contributed by atoms with Gasteiger partial charge in [0.1, 0.15) is 11.4 Å². The fourth-order valence-electron chi connectivity index (χ4n) is 2.99. The van der Waals surface area contributed by atoms with Crippen molar-refractivity contribution in [3.63, 3.8) is 0 Å². The maximum absolute atomic E-state index is 12.5. The van der Waals surface area contributed by atoms with E-state index in [2.05, 4.69) is 10.4 Å². The van der Waals surface area contributed by atoms with Crippen LogP contribution in [0.1, 0.15) is 46.7 Å². The molecule has 1 aliphatic rings. The van der Waals surface area contributed by atoms with Gasteiger partial charge in [-0.05, 0) is 49.9 Å². The first-order valence-corrected chi connectivity index (χ1v) is 7.26. The van der Waals surface area contributed by atoms with Crippen LogP contribution in [0.4, 0.5) is 0 Å². The normalized spacial score (nSPS) is 16.8. The Morgan fingerprint density at radius 1 is 1.52 bits per heavy atom. The van der Waals surface area contributed by atoms with Gasteiger partial charge in [-0.2, -0.15) is 5.10 Å². The number of aromatic nitrogens is 2. The molecular formula is C16H19N3O2. The SMILES string of the molecule is CCn1nc(C)cc1C(=O)N[C@H]1CCc2c(O)cccc21. The van der Waals surface area contributed by atoms with Crippen molar-refractivity contribution >= 4 is 5.91 Å². The van der Waals surface area contributed by atoms with Crippen molar-refractivity contribution in [3.05, 3.63) is 46.8 Å². The lowest BCUT2D eigenvalue weighted by atomic mass is 10.1. The van der Waals surface area contributed by atoms with Gasteiger partial charge < -0.3 is 10.4 Å². The summed E-state index contributed by atoms with van der Waals surface area (Å²) >= 11 is 0. The molecule has 5 nitrogen and oxygen atoms in total. The summed E-state index contributed by atoms with van der Waals surface area (Å²) in [4.78, 5) is 12.5.